The van der Waals surface area contributed by atoms with E-state index < -0.39 is 0 Å². The molecule has 178 valence electrons. The number of hydrogen-bond acceptors (Lipinski definition) is 5. The summed E-state index contributed by atoms with van der Waals surface area (Å²) in [6.45, 7) is 9.11. The molecule has 1 aromatic heterocycles. The third-order valence-corrected chi connectivity index (χ3v) is 6.54. The number of ether oxygens (including phenoxy) is 1. The first kappa shape index (κ1) is 23.5. The lowest BCUT2D eigenvalue weighted by Crippen LogP contribution is -2.48. The summed E-state index contributed by atoms with van der Waals surface area (Å²) >= 11 is 0. The average Bonchev–Trinajstić information content (AvgIpc) is 3.15. The molecule has 7 heteroatoms. The van der Waals surface area contributed by atoms with Gasteiger partial charge in [-0.25, -0.2) is 4.68 Å². The minimum Gasteiger partial charge on any atom is -0.469 e. The van der Waals surface area contributed by atoms with E-state index in [1.54, 1.807) is 0 Å². The van der Waals surface area contributed by atoms with Crippen molar-refractivity contribution in [3.63, 3.8) is 0 Å². The van der Waals surface area contributed by atoms with Gasteiger partial charge < -0.3 is 14.5 Å². The molecular formula is C27H32N4O3. The molecule has 1 amide bonds. The summed E-state index contributed by atoms with van der Waals surface area (Å²) in [5.41, 5.74) is 6.98. The normalized spacial score (nSPS) is 13.8. The largest absolute Gasteiger partial charge is 0.469 e. The zero-order chi connectivity index (χ0) is 24.2. The molecule has 0 bridgehead atoms. The van der Waals surface area contributed by atoms with E-state index in [0.717, 1.165) is 35.7 Å². The number of aromatic nitrogens is 2. The van der Waals surface area contributed by atoms with E-state index >= 15 is 0 Å². The van der Waals surface area contributed by atoms with Crippen LogP contribution in [0.1, 0.15) is 39.3 Å². The van der Waals surface area contributed by atoms with Crippen LogP contribution in [0, 0.1) is 20.8 Å². The predicted molar refractivity (Wildman–Crippen MR) is 133 cm³/mol. The van der Waals surface area contributed by atoms with E-state index in [9.17, 15) is 9.59 Å². The van der Waals surface area contributed by atoms with Gasteiger partial charge in [0.15, 0.2) is 0 Å². The summed E-state index contributed by atoms with van der Waals surface area (Å²) in [5.74, 6) is -0.170. The number of rotatable bonds is 6. The molecule has 1 fully saturated rings. The summed E-state index contributed by atoms with van der Waals surface area (Å²) in [6.07, 6.45) is 0.921. The Morgan fingerprint density at radius 3 is 2.29 bits per heavy atom. The number of nitrogens with zero attached hydrogens (tertiary/aromatic N) is 4. The van der Waals surface area contributed by atoms with Gasteiger partial charge in [-0.3, -0.25) is 9.59 Å². The SMILES string of the molecule is COC(=O)CCc1c(C)nn(-c2ccc(C(=O)N3CCN(c4cccc(C)c4)CC3)cc2)c1C. The Kier molecular flexibility index (Phi) is 7.01. The van der Waals surface area contributed by atoms with E-state index in [1.807, 2.05) is 47.7 Å². The Hall–Kier alpha value is -3.61. The number of carbonyl (C=O) groups is 2. The van der Waals surface area contributed by atoms with Crippen molar-refractivity contribution in [1.82, 2.24) is 14.7 Å². The van der Waals surface area contributed by atoms with Gasteiger partial charge in [0.1, 0.15) is 0 Å². The first-order chi connectivity index (χ1) is 16.4. The Bertz CT molecular complexity index is 1180. The van der Waals surface area contributed by atoms with Gasteiger partial charge in [-0.2, -0.15) is 5.10 Å². The number of benzene rings is 2. The highest BCUT2D eigenvalue weighted by Gasteiger charge is 2.23. The van der Waals surface area contributed by atoms with Crippen molar-refractivity contribution in [3.8, 4) is 5.69 Å². The van der Waals surface area contributed by atoms with Gasteiger partial charge in [-0.1, -0.05) is 12.1 Å². The lowest BCUT2D eigenvalue weighted by Gasteiger charge is -2.36. The highest BCUT2D eigenvalue weighted by molar-refractivity contribution is 5.94. The fourth-order valence-electron chi connectivity index (χ4n) is 4.54. The Labute approximate surface area is 200 Å². The summed E-state index contributed by atoms with van der Waals surface area (Å²) in [7, 11) is 1.40. The second-order valence-corrected chi connectivity index (χ2v) is 8.80. The molecule has 7 nitrogen and oxygen atoms in total. The molecule has 0 atom stereocenters. The van der Waals surface area contributed by atoms with Crippen LogP contribution in [0.25, 0.3) is 5.69 Å². The quantitative estimate of drug-likeness (QED) is 0.523. The molecule has 0 N–H and O–H groups in total. The number of carbonyl (C=O) groups excluding carboxylic acids is 2. The fourth-order valence-corrected chi connectivity index (χ4v) is 4.54. The second kappa shape index (κ2) is 10.1. The zero-order valence-electron chi connectivity index (χ0n) is 20.4. The van der Waals surface area contributed by atoms with Crippen LogP contribution in [-0.4, -0.2) is 59.8 Å². The maximum atomic E-state index is 13.1. The Morgan fingerprint density at radius 1 is 0.941 bits per heavy atom. The van der Waals surface area contributed by atoms with E-state index in [1.165, 1.54) is 18.4 Å². The fraction of sp³-hybridized carbons (Fsp3) is 0.370. The lowest BCUT2D eigenvalue weighted by atomic mass is 10.1. The molecule has 1 saturated heterocycles. The summed E-state index contributed by atoms with van der Waals surface area (Å²) < 4.78 is 6.63. The molecule has 0 saturated carbocycles. The lowest BCUT2D eigenvalue weighted by molar-refractivity contribution is -0.140. The van der Waals surface area contributed by atoms with Crippen molar-refractivity contribution >= 4 is 17.6 Å². The molecule has 0 spiro atoms. The first-order valence-electron chi connectivity index (χ1n) is 11.7. The number of methoxy groups -OCH3 is 1. The van der Waals surface area contributed by atoms with Gasteiger partial charge in [0.05, 0.1) is 18.5 Å². The first-order valence-corrected chi connectivity index (χ1v) is 11.7. The van der Waals surface area contributed by atoms with Crippen LogP contribution in [0.2, 0.25) is 0 Å². The average molecular weight is 461 g/mol. The van der Waals surface area contributed by atoms with E-state index in [4.69, 9.17) is 4.74 Å². The highest BCUT2D eigenvalue weighted by atomic mass is 16.5. The van der Waals surface area contributed by atoms with E-state index in [2.05, 4.69) is 41.2 Å². The van der Waals surface area contributed by atoms with Crippen LogP contribution >= 0.6 is 0 Å². The van der Waals surface area contributed by atoms with Gasteiger partial charge in [0.25, 0.3) is 5.91 Å². The topological polar surface area (TPSA) is 67.7 Å². The molecule has 34 heavy (non-hydrogen) atoms. The molecule has 2 heterocycles. The number of esters is 1. The van der Waals surface area contributed by atoms with E-state index in [-0.39, 0.29) is 11.9 Å². The summed E-state index contributed by atoms with van der Waals surface area (Å²) in [6, 6.07) is 16.1. The maximum absolute atomic E-state index is 13.1. The van der Waals surface area contributed by atoms with Crippen molar-refractivity contribution in [2.75, 3.05) is 38.2 Å². The predicted octanol–water partition coefficient (Wildman–Crippen LogP) is 3.87. The third-order valence-electron chi connectivity index (χ3n) is 6.54. The number of aryl methyl sites for hydroxylation is 2. The van der Waals surface area contributed by atoms with Gasteiger partial charge in [0, 0.05) is 49.5 Å². The molecule has 1 aliphatic rings. The summed E-state index contributed by atoms with van der Waals surface area (Å²) in [4.78, 5) is 28.9. The second-order valence-electron chi connectivity index (χ2n) is 8.80. The molecule has 3 aromatic rings. The van der Waals surface area contributed by atoms with Crippen molar-refractivity contribution in [2.45, 2.75) is 33.6 Å². The van der Waals surface area contributed by atoms with E-state index in [0.29, 0.717) is 31.5 Å². The molecule has 0 radical (unpaired) electrons. The van der Waals surface area contributed by atoms with Crippen LogP contribution in [0.3, 0.4) is 0 Å². The van der Waals surface area contributed by atoms with Crippen LogP contribution in [-0.2, 0) is 16.0 Å². The molecule has 0 aliphatic carbocycles. The Morgan fingerprint density at radius 2 is 1.65 bits per heavy atom. The number of anilines is 1. The Balaban J connectivity index is 1.41. The minimum atomic E-state index is -0.228. The summed E-state index contributed by atoms with van der Waals surface area (Å²) in [5, 5.41) is 4.66. The van der Waals surface area contributed by atoms with Crippen molar-refractivity contribution in [1.29, 1.82) is 0 Å². The number of amides is 1. The molecule has 1 aliphatic heterocycles. The van der Waals surface area contributed by atoms with Crippen LogP contribution < -0.4 is 4.90 Å². The molecular weight excluding hydrogens is 428 g/mol. The zero-order valence-corrected chi connectivity index (χ0v) is 20.4. The van der Waals surface area contributed by atoms with Crippen LogP contribution in [0.15, 0.2) is 48.5 Å². The van der Waals surface area contributed by atoms with Crippen molar-refractivity contribution < 1.29 is 14.3 Å². The monoisotopic (exact) mass is 460 g/mol. The maximum Gasteiger partial charge on any atom is 0.305 e. The van der Waals surface area contributed by atoms with Crippen LogP contribution in [0.4, 0.5) is 5.69 Å². The van der Waals surface area contributed by atoms with Crippen molar-refractivity contribution in [2.24, 2.45) is 0 Å². The van der Waals surface area contributed by atoms with Gasteiger partial charge >= 0.3 is 5.97 Å². The number of piperazine rings is 1. The van der Waals surface area contributed by atoms with Gasteiger partial charge in [0.2, 0.25) is 0 Å². The van der Waals surface area contributed by atoms with Crippen LogP contribution in [0.5, 0.6) is 0 Å². The third kappa shape index (κ3) is 4.98. The molecule has 4 rings (SSSR count). The van der Waals surface area contributed by atoms with Gasteiger partial charge in [-0.05, 0) is 74.7 Å². The smallest absolute Gasteiger partial charge is 0.305 e. The highest BCUT2D eigenvalue weighted by Crippen LogP contribution is 2.22. The molecule has 0 unspecified atom stereocenters. The minimum absolute atomic E-state index is 0.0579. The standard InChI is InChI=1S/C27H32N4O3/c1-19-6-5-7-24(18-19)29-14-16-30(17-15-29)27(33)22-8-10-23(11-9-22)31-21(3)25(20(2)28-31)12-13-26(32)34-4/h5-11,18H,12-17H2,1-4H3. The molecule has 2 aromatic carbocycles. The van der Waals surface area contributed by atoms with Gasteiger partial charge in [-0.15, -0.1) is 0 Å². The number of hydrogen-bond donors (Lipinski definition) is 0. The van der Waals surface area contributed by atoms with Crippen molar-refractivity contribution in [3.05, 3.63) is 76.6 Å².